The molecule has 2 aromatic carbocycles. The second-order valence-corrected chi connectivity index (χ2v) is 7.46. The molecular weight excluding hydrogens is 388 g/mol. The van der Waals surface area contributed by atoms with Crippen molar-refractivity contribution in [2.75, 3.05) is 11.9 Å². The zero-order chi connectivity index (χ0) is 20.4. The molecule has 0 radical (unpaired) electrons. The molecule has 0 bridgehead atoms. The normalized spacial score (nSPS) is 11.9. The van der Waals surface area contributed by atoms with Crippen LogP contribution in [-0.2, 0) is 9.53 Å². The second kappa shape index (κ2) is 7.89. The molecule has 0 saturated heterocycles. The summed E-state index contributed by atoms with van der Waals surface area (Å²) >= 11 is 1.48. The number of carbonyl (C=O) groups is 2. The summed E-state index contributed by atoms with van der Waals surface area (Å²) < 4.78 is 12.0. The molecule has 0 N–H and O–H groups in total. The summed E-state index contributed by atoms with van der Waals surface area (Å²) in [6, 6.07) is 20.1. The number of fused-ring (bicyclic) bond motifs is 1. The predicted octanol–water partition coefficient (Wildman–Crippen LogP) is 4.76. The van der Waals surface area contributed by atoms with Crippen LogP contribution in [0.15, 0.2) is 71.1 Å². The minimum atomic E-state index is -0.955. The number of likely N-dealkylation sites (N-methyl/N-ethyl adjacent to an activating group) is 1. The number of amides is 1. The summed E-state index contributed by atoms with van der Waals surface area (Å²) in [5, 5.41) is 0.679. The molecule has 0 saturated carbocycles. The monoisotopic (exact) mass is 406 g/mol. The second-order valence-electron chi connectivity index (χ2n) is 6.43. The van der Waals surface area contributed by atoms with Crippen molar-refractivity contribution in [3.63, 3.8) is 0 Å². The average Bonchev–Trinajstić information content (AvgIpc) is 3.40. The number of thiazole rings is 1. The van der Waals surface area contributed by atoms with Gasteiger partial charge in [-0.25, -0.2) is 9.78 Å². The van der Waals surface area contributed by atoms with E-state index in [1.54, 1.807) is 13.1 Å². The largest absolute Gasteiger partial charge is 0.447 e. The van der Waals surface area contributed by atoms with Crippen LogP contribution >= 0.6 is 11.3 Å². The number of nitrogens with zero attached hydrogens (tertiary/aromatic N) is 2. The van der Waals surface area contributed by atoms with Gasteiger partial charge >= 0.3 is 5.97 Å². The quantitative estimate of drug-likeness (QED) is 0.447. The lowest BCUT2D eigenvalue weighted by atomic mass is 10.2. The SMILES string of the molecule is C[C@H](OC(=O)c1ccc(-c2nc3ccccc3s2)o1)C(=O)N(C)c1ccccc1. The van der Waals surface area contributed by atoms with Crippen molar-refractivity contribution in [1.82, 2.24) is 4.98 Å². The number of benzene rings is 2. The molecule has 0 spiro atoms. The van der Waals surface area contributed by atoms with Gasteiger partial charge in [-0.2, -0.15) is 0 Å². The van der Waals surface area contributed by atoms with E-state index in [2.05, 4.69) is 4.98 Å². The fourth-order valence-corrected chi connectivity index (χ4v) is 3.79. The highest BCUT2D eigenvalue weighted by molar-refractivity contribution is 7.21. The van der Waals surface area contributed by atoms with Crippen molar-refractivity contribution >= 4 is 39.1 Å². The van der Waals surface area contributed by atoms with Crippen LogP contribution in [0.1, 0.15) is 17.5 Å². The van der Waals surface area contributed by atoms with Gasteiger partial charge < -0.3 is 14.1 Å². The standard InChI is InChI=1S/C22H18N2O4S/c1-14(21(25)24(2)15-8-4-3-5-9-15)27-22(26)18-13-12-17(28-18)20-23-16-10-6-7-11-19(16)29-20/h3-14H,1-2H3/t14-/m0/s1. The van der Waals surface area contributed by atoms with Gasteiger partial charge in [-0.3, -0.25) is 4.79 Å². The van der Waals surface area contributed by atoms with Gasteiger partial charge in [-0.15, -0.1) is 11.3 Å². The molecule has 0 aliphatic rings. The Balaban J connectivity index is 1.45. The van der Waals surface area contributed by atoms with E-state index < -0.39 is 12.1 Å². The highest BCUT2D eigenvalue weighted by atomic mass is 32.1. The van der Waals surface area contributed by atoms with Crippen molar-refractivity contribution in [2.45, 2.75) is 13.0 Å². The van der Waals surface area contributed by atoms with Crippen LogP contribution in [0.2, 0.25) is 0 Å². The van der Waals surface area contributed by atoms with Gasteiger partial charge in [0.1, 0.15) is 0 Å². The fraction of sp³-hybridized carbons (Fsp3) is 0.136. The Morgan fingerprint density at radius 1 is 1.03 bits per heavy atom. The van der Waals surface area contributed by atoms with Gasteiger partial charge in [-0.05, 0) is 43.3 Å². The molecule has 1 amide bonds. The predicted molar refractivity (Wildman–Crippen MR) is 112 cm³/mol. The summed E-state index contributed by atoms with van der Waals surface area (Å²) in [7, 11) is 1.64. The highest BCUT2D eigenvalue weighted by Gasteiger charge is 2.25. The van der Waals surface area contributed by atoms with E-state index in [0.29, 0.717) is 10.8 Å². The van der Waals surface area contributed by atoms with Gasteiger partial charge in [0.2, 0.25) is 5.76 Å². The van der Waals surface area contributed by atoms with Gasteiger partial charge in [0.05, 0.1) is 10.2 Å². The topological polar surface area (TPSA) is 72.6 Å². The minimum Gasteiger partial charge on any atom is -0.447 e. The lowest BCUT2D eigenvalue weighted by Crippen LogP contribution is -2.37. The van der Waals surface area contributed by atoms with E-state index in [-0.39, 0.29) is 11.7 Å². The first-order valence-electron chi connectivity index (χ1n) is 9.02. The molecule has 2 heterocycles. The van der Waals surface area contributed by atoms with Crippen LogP contribution in [0.3, 0.4) is 0 Å². The number of aromatic nitrogens is 1. The summed E-state index contributed by atoms with van der Waals surface area (Å²) in [6.07, 6.45) is -0.955. The van der Waals surface area contributed by atoms with E-state index in [1.165, 1.54) is 29.2 Å². The maximum absolute atomic E-state index is 12.5. The number of rotatable bonds is 5. The molecule has 1 atom stereocenters. The molecule has 0 unspecified atom stereocenters. The van der Waals surface area contributed by atoms with Crippen LogP contribution in [-0.4, -0.2) is 30.0 Å². The van der Waals surface area contributed by atoms with Crippen molar-refractivity contribution < 1.29 is 18.7 Å². The van der Waals surface area contributed by atoms with E-state index in [9.17, 15) is 9.59 Å². The highest BCUT2D eigenvalue weighted by Crippen LogP contribution is 2.31. The van der Waals surface area contributed by atoms with Crippen LogP contribution < -0.4 is 4.90 Å². The first-order valence-corrected chi connectivity index (χ1v) is 9.84. The van der Waals surface area contributed by atoms with E-state index in [1.807, 2.05) is 54.6 Å². The summed E-state index contributed by atoms with van der Waals surface area (Å²) in [4.78, 5) is 30.9. The van der Waals surface area contributed by atoms with Crippen molar-refractivity contribution in [1.29, 1.82) is 0 Å². The van der Waals surface area contributed by atoms with E-state index in [4.69, 9.17) is 9.15 Å². The molecule has 29 heavy (non-hydrogen) atoms. The maximum Gasteiger partial charge on any atom is 0.375 e. The van der Waals surface area contributed by atoms with Crippen molar-refractivity contribution in [2.24, 2.45) is 0 Å². The van der Waals surface area contributed by atoms with Gasteiger partial charge in [0.15, 0.2) is 16.9 Å². The summed E-state index contributed by atoms with van der Waals surface area (Å²) in [6.45, 7) is 1.54. The van der Waals surface area contributed by atoms with Crippen molar-refractivity contribution in [3.8, 4) is 10.8 Å². The zero-order valence-corrected chi connectivity index (χ0v) is 16.7. The maximum atomic E-state index is 12.5. The summed E-state index contributed by atoms with van der Waals surface area (Å²) in [5.41, 5.74) is 1.59. The smallest absolute Gasteiger partial charge is 0.375 e. The number of hydrogen-bond donors (Lipinski definition) is 0. The van der Waals surface area contributed by atoms with Crippen LogP contribution in [0.5, 0.6) is 0 Å². The average molecular weight is 406 g/mol. The number of hydrogen-bond acceptors (Lipinski definition) is 6. The number of anilines is 1. The molecular formula is C22H18N2O4S. The molecule has 4 rings (SSSR count). The Morgan fingerprint density at radius 3 is 2.52 bits per heavy atom. The molecule has 0 aliphatic heterocycles. The zero-order valence-electron chi connectivity index (χ0n) is 15.9. The number of ether oxygens (including phenoxy) is 1. The Kier molecular flexibility index (Phi) is 5.14. The Morgan fingerprint density at radius 2 is 1.76 bits per heavy atom. The lowest BCUT2D eigenvalue weighted by Gasteiger charge is -2.21. The van der Waals surface area contributed by atoms with Crippen LogP contribution in [0.4, 0.5) is 5.69 Å². The first-order chi connectivity index (χ1) is 14.0. The third-order valence-electron chi connectivity index (χ3n) is 4.42. The Hall–Kier alpha value is -3.45. The van der Waals surface area contributed by atoms with Gasteiger partial charge in [0, 0.05) is 12.7 Å². The third-order valence-corrected chi connectivity index (χ3v) is 5.47. The lowest BCUT2D eigenvalue weighted by molar-refractivity contribution is -0.126. The first kappa shape index (κ1) is 18.9. The third kappa shape index (κ3) is 3.90. The molecule has 2 aromatic heterocycles. The molecule has 7 heteroatoms. The number of para-hydroxylation sites is 2. The van der Waals surface area contributed by atoms with Gasteiger partial charge in [0.25, 0.3) is 5.91 Å². The van der Waals surface area contributed by atoms with Crippen LogP contribution in [0.25, 0.3) is 21.0 Å². The van der Waals surface area contributed by atoms with Crippen LogP contribution in [0, 0.1) is 0 Å². The number of carbonyl (C=O) groups excluding carboxylic acids is 2. The molecule has 0 aliphatic carbocycles. The minimum absolute atomic E-state index is 0.0290. The Labute approximate surface area is 171 Å². The van der Waals surface area contributed by atoms with E-state index >= 15 is 0 Å². The van der Waals surface area contributed by atoms with Gasteiger partial charge in [-0.1, -0.05) is 30.3 Å². The number of furan rings is 1. The Bertz CT molecular complexity index is 1130. The van der Waals surface area contributed by atoms with Crippen molar-refractivity contribution in [3.05, 3.63) is 72.5 Å². The molecule has 6 nitrogen and oxygen atoms in total. The fourth-order valence-electron chi connectivity index (χ4n) is 2.86. The molecule has 146 valence electrons. The summed E-state index contributed by atoms with van der Waals surface area (Å²) in [5.74, 6) is -0.512. The molecule has 4 aromatic rings. The number of esters is 1. The molecule has 0 fully saturated rings. The van der Waals surface area contributed by atoms with E-state index in [0.717, 1.165) is 15.9 Å².